The van der Waals surface area contributed by atoms with Gasteiger partial charge in [0.15, 0.2) is 11.5 Å². The topological polar surface area (TPSA) is 183 Å². The van der Waals surface area contributed by atoms with Crippen molar-refractivity contribution in [3.05, 3.63) is 107 Å². The number of β-amino-alcohol motifs (C(OH)–C–C–N with tert-alkyl or cyclic N) is 1. The molecule has 2 fully saturated rings. The zero-order valence-corrected chi connectivity index (χ0v) is 31.3. The predicted octanol–water partition coefficient (Wildman–Crippen LogP) is 3.52. The molecule has 3 aromatic heterocycles. The van der Waals surface area contributed by atoms with Crippen LogP contribution in [0, 0.1) is 0 Å². The minimum absolute atomic E-state index is 0.230. The van der Waals surface area contributed by atoms with E-state index in [1.54, 1.807) is 10.8 Å². The number of carbonyl (C=O) groups is 2. The van der Waals surface area contributed by atoms with Crippen molar-refractivity contribution < 1.29 is 19.8 Å². The molecule has 15 nitrogen and oxygen atoms in total. The summed E-state index contributed by atoms with van der Waals surface area (Å²) in [6.45, 7) is 9.74. The smallest absolute Gasteiger partial charge is 0.278 e. The van der Waals surface area contributed by atoms with Gasteiger partial charge in [-0.15, -0.1) is 6.58 Å². The van der Waals surface area contributed by atoms with Crippen LogP contribution < -0.4 is 26.4 Å². The standard InChI is InChI=1S/C41H46N10O5/c1-3-19-50-39(55)31-24-42-40(47-37(31)51(50)34-15-7-27-17-18-41(56,4-2)36(27)45-34)44-29-8-5-26(6-9-29)33(52)25-48-20-22-49(23-21-48)30-12-10-28(11-13-30)43-32-14-16-35(53)46-38(32)54/h3,5-13,15,24,32-33,43,52,56H,1,4,14,16-23,25H2,2H3,(H,42,44,47)(H,46,53,54)/t32?,33-,41-/m1/s1. The first-order valence-electron chi connectivity index (χ1n) is 19.2. The first kappa shape index (κ1) is 37.0. The lowest BCUT2D eigenvalue weighted by Crippen LogP contribution is -2.47. The number of fused-ring (bicyclic) bond motifs is 2. The van der Waals surface area contributed by atoms with Crippen LogP contribution >= 0.6 is 0 Å². The largest absolute Gasteiger partial charge is 0.387 e. The molecule has 0 radical (unpaired) electrons. The number of amides is 2. The second-order valence-electron chi connectivity index (χ2n) is 14.7. The molecule has 0 saturated carbocycles. The van der Waals surface area contributed by atoms with E-state index in [1.807, 2.05) is 67.6 Å². The second-order valence-corrected chi connectivity index (χ2v) is 14.7. The lowest BCUT2D eigenvalue weighted by Gasteiger charge is -2.37. The molecule has 5 aromatic rings. The van der Waals surface area contributed by atoms with Crippen molar-refractivity contribution in [1.82, 2.24) is 34.5 Å². The van der Waals surface area contributed by atoms with Crippen LogP contribution in [0.3, 0.4) is 0 Å². The summed E-state index contributed by atoms with van der Waals surface area (Å²) in [7, 11) is 0. The van der Waals surface area contributed by atoms with Crippen LogP contribution in [-0.4, -0.2) is 90.0 Å². The van der Waals surface area contributed by atoms with E-state index in [4.69, 9.17) is 9.97 Å². The zero-order valence-electron chi connectivity index (χ0n) is 31.3. The Kier molecular flexibility index (Phi) is 10.1. The van der Waals surface area contributed by atoms with Crippen molar-refractivity contribution in [2.45, 2.75) is 63.3 Å². The minimum Gasteiger partial charge on any atom is -0.387 e. The number of nitrogens with zero attached hydrogens (tertiary/aromatic N) is 7. The predicted molar refractivity (Wildman–Crippen MR) is 213 cm³/mol. The summed E-state index contributed by atoms with van der Waals surface area (Å²) in [4.78, 5) is 55.6. The van der Waals surface area contributed by atoms with Crippen LogP contribution in [0.2, 0.25) is 0 Å². The van der Waals surface area contributed by atoms with Gasteiger partial charge >= 0.3 is 0 Å². The number of hydrogen-bond acceptors (Lipinski definition) is 12. The van der Waals surface area contributed by atoms with E-state index >= 15 is 0 Å². The Balaban J connectivity index is 0.896. The number of aliphatic hydroxyl groups excluding tert-OH is 1. The summed E-state index contributed by atoms with van der Waals surface area (Å²) in [6.07, 6.45) is 5.18. The van der Waals surface area contributed by atoms with E-state index in [0.717, 1.165) is 60.8 Å². The Hall–Kier alpha value is -5.90. The number of allylic oxidation sites excluding steroid dienone is 1. The molecule has 2 saturated heterocycles. The zero-order chi connectivity index (χ0) is 39.0. The van der Waals surface area contributed by atoms with E-state index in [0.29, 0.717) is 60.7 Å². The third kappa shape index (κ3) is 7.28. The molecule has 290 valence electrons. The van der Waals surface area contributed by atoms with Gasteiger partial charge in [0.25, 0.3) is 5.56 Å². The number of pyridine rings is 1. The lowest BCUT2D eigenvalue weighted by atomic mass is 9.98. The van der Waals surface area contributed by atoms with E-state index in [-0.39, 0.29) is 23.9 Å². The highest BCUT2D eigenvalue weighted by molar-refractivity contribution is 6.01. The average Bonchev–Trinajstić information content (AvgIpc) is 3.69. The average molecular weight is 759 g/mol. The first-order chi connectivity index (χ1) is 27.1. The maximum atomic E-state index is 13.5. The maximum absolute atomic E-state index is 13.5. The van der Waals surface area contributed by atoms with E-state index < -0.39 is 17.7 Å². The summed E-state index contributed by atoms with van der Waals surface area (Å²) in [6, 6.07) is 18.9. The van der Waals surface area contributed by atoms with Crippen molar-refractivity contribution in [3.63, 3.8) is 0 Å². The number of benzene rings is 2. The van der Waals surface area contributed by atoms with Gasteiger partial charge in [0, 0.05) is 62.4 Å². The van der Waals surface area contributed by atoms with Crippen molar-refractivity contribution in [1.29, 1.82) is 0 Å². The lowest BCUT2D eigenvalue weighted by molar-refractivity contribution is -0.133. The molecular formula is C41H46N10O5. The summed E-state index contributed by atoms with van der Waals surface area (Å²) < 4.78 is 3.18. The molecule has 5 heterocycles. The highest BCUT2D eigenvalue weighted by atomic mass is 16.3. The fourth-order valence-electron chi connectivity index (χ4n) is 7.87. The SMILES string of the molecule is C=CCn1c(=O)c2cnc(Nc3ccc([C@H](O)CN4CCN(c5ccc(NC6CCC(=O)NC6=O)cc5)CC4)cc3)nc2n1-c1ccc2c(n1)[C@@](O)(CC)CC2. The molecule has 2 aromatic carbocycles. The number of aryl methyl sites for hydroxylation is 1. The number of imide groups is 1. The van der Waals surface area contributed by atoms with Crippen LogP contribution in [0.4, 0.5) is 23.0 Å². The highest BCUT2D eigenvalue weighted by Crippen LogP contribution is 2.38. The number of nitrogens with one attached hydrogen (secondary N) is 3. The Morgan fingerprint density at radius 1 is 0.982 bits per heavy atom. The number of rotatable bonds is 12. The third-order valence-corrected chi connectivity index (χ3v) is 11.2. The van der Waals surface area contributed by atoms with Crippen molar-refractivity contribution >= 4 is 45.9 Å². The first-order valence-corrected chi connectivity index (χ1v) is 19.2. The van der Waals surface area contributed by atoms with Gasteiger partial charge in [-0.1, -0.05) is 31.2 Å². The number of aromatic nitrogens is 5. The van der Waals surface area contributed by atoms with E-state index in [9.17, 15) is 24.6 Å². The van der Waals surface area contributed by atoms with Crippen LogP contribution in [0.5, 0.6) is 0 Å². The summed E-state index contributed by atoms with van der Waals surface area (Å²) in [5.41, 5.74) is 4.17. The molecule has 1 unspecified atom stereocenters. The molecular weight excluding hydrogens is 713 g/mol. The fraction of sp³-hybridized carbons (Fsp3) is 0.366. The molecule has 1 aliphatic carbocycles. The molecule has 15 heteroatoms. The molecule has 5 N–H and O–H groups in total. The van der Waals surface area contributed by atoms with Gasteiger partial charge in [-0.2, -0.15) is 4.98 Å². The van der Waals surface area contributed by atoms with Gasteiger partial charge < -0.3 is 25.7 Å². The van der Waals surface area contributed by atoms with Crippen molar-refractivity contribution in [2.75, 3.05) is 48.3 Å². The van der Waals surface area contributed by atoms with Crippen LogP contribution in [0.15, 0.2) is 84.3 Å². The fourth-order valence-corrected chi connectivity index (χ4v) is 7.87. The van der Waals surface area contributed by atoms with Crippen molar-refractivity contribution in [3.8, 4) is 5.82 Å². The highest BCUT2D eigenvalue weighted by Gasteiger charge is 2.37. The van der Waals surface area contributed by atoms with E-state index in [1.165, 1.54) is 10.9 Å². The molecule has 8 rings (SSSR count). The van der Waals surface area contributed by atoms with Gasteiger partial charge in [-0.05, 0) is 79.3 Å². The monoisotopic (exact) mass is 758 g/mol. The van der Waals surface area contributed by atoms with Gasteiger partial charge in [0.1, 0.15) is 17.0 Å². The number of piperidine rings is 1. The van der Waals surface area contributed by atoms with Crippen LogP contribution in [0.1, 0.15) is 55.5 Å². The summed E-state index contributed by atoms with van der Waals surface area (Å²) in [5, 5.41) is 31.6. The van der Waals surface area contributed by atoms with Crippen LogP contribution in [0.25, 0.3) is 16.9 Å². The van der Waals surface area contributed by atoms with Crippen molar-refractivity contribution in [2.24, 2.45) is 0 Å². The molecule has 0 bridgehead atoms. The summed E-state index contributed by atoms with van der Waals surface area (Å²) in [5.74, 6) is 0.249. The molecule has 2 amide bonds. The Morgan fingerprint density at radius 2 is 1.73 bits per heavy atom. The maximum Gasteiger partial charge on any atom is 0.278 e. The molecule has 2 aliphatic heterocycles. The molecule has 3 aliphatic rings. The summed E-state index contributed by atoms with van der Waals surface area (Å²) >= 11 is 0. The molecule has 0 spiro atoms. The minimum atomic E-state index is -1.01. The van der Waals surface area contributed by atoms with E-state index in [2.05, 4.69) is 37.3 Å². The van der Waals surface area contributed by atoms with Crippen LogP contribution in [-0.2, 0) is 28.2 Å². The van der Waals surface area contributed by atoms with Gasteiger partial charge in [-0.3, -0.25) is 24.6 Å². The van der Waals surface area contributed by atoms with Gasteiger partial charge in [0.05, 0.1) is 18.3 Å². The Bertz CT molecular complexity index is 2330. The molecule has 56 heavy (non-hydrogen) atoms. The molecule has 3 atom stereocenters. The second kappa shape index (κ2) is 15.3. The number of hydrogen-bond donors (Lipinski definition) is 5. The quantitative estimate of drug-likeness (QED) is 0.0924. The third-order valence-electron chi connectivity index (χ3n) is 11.2. The number of aliphatic hydroxyl groups is 2. The number of anilines is 4. The Morgan fingerprint density at radius 3 is 2.45 bits per heavy atom. The van der Waals surface area contributed by atoms with Gasteiger partial charge in [0.2, 0.25) is 17.8 Å². The van der Waals surface area contributed by atoms with Gasteiger partial charge in [-0.25, -0.2) is 19.3 Å². The number of carbonyl (C=O) groups excluding carboxylic acids is 2. The normalized spacial score (nSPS) is 20.5. The number of piperazine rings is 1. The Labute approximate surface area is 323 Å².